The Labute approximate surface area is 158 Å². The molecule has 2 N–H and O–H groups in total. The maximum Gasteiger partial charge on any atom is 0.319 e. The molecule has 8 heteroatoms. The number of esters is 1. The van der Waals surface area contributed by atoms with Gasteiger partial charge >= 0.3 is 12.0 Å². The molecule has 1 heterocycles. The zero-order valence-electron chi connectivity index (χ0n) is 15.6. The first kappa shape index (κ1) is 20.1. The lowest BCUT2D eigenvalue weighted by Crippen LogP contribution is -2.51. The highest BCUT2D eigenvalue weighted by Gasteiger charge is 2.39. The third kappa shape index (κ3) is 4.70. The van der Waals surface area contributed by atoms with Gasteiger partial charge in [0.1, 0.15) is 12.0 Å². The van der Waals surface area contributed by atoms with Crippen molar-refractivity contribution in [3.05, 3.63) is 35.5 Å². The van der Waals surface area contributed by atoms with Gasteiger partial charge in [-0.15, -0.1) is 0 Å². The molecule has 0 bridgehead atoms. The minimum absolute atomic E-state index is 0.116. The summed E-state index contributed by atoms with van der Waals surface area (Å²) >= 11 is 0. The summed E-state index contributed by atoms with van der Waals surface area (Å²) in [7, 11) is 1.48. The molecule has 1 fully saturated rings. The van der Waals surface area contributed by atoms with E-state index in [4.69, 9.17) is 19.5 Å². The Morgan fingerprint density at radius 2 is 2.11 bits per heavy atom. The molecule has 8 nitrogen and oxygen atoms in total. The van der Waals surface area contributed by atoms with Gasteiger partial charge in [0.25, 0.3) is 0 Å². The van der Waals surface area contributed by atoms with Crippen molar-refractivity contribution >= 4 is 12.0 Å². The summed E-state index contributed by atoms with van der Waals surface area (Å²) in [5, 5.41) is 14.2. The quantitative estimate of drug-likeness (QED) is 0.711. The second-order valence-electron chi connectivity index (χ2n) is 5.73. The van der Waals surface area contributed by atoms with Crippen LogP contribution in [0.25, 0.3) is 0 Å². The molecule has 1 aromatic carbocycles. The third-order valence-electron chi connectivity index (χ3n) is 4.02. The molecule has 2 amide bonds. The lowest BCUT2D eigenvalue weighted by atomic mass is 9.88. The SMILES string of the molecule is CC/C=C1/NC(=O)N[C@@H](c2ccc(OCC#N)c(OC)c2)[C@@H]1C(=O)OCC. The number of hydrogen-bond acceptors (Lipinski definition) is 6. The fourth-order valence-corrected chi connectivity index (χ4v) is 2.92. The predicted octanol–water partition coefficient (Wildman–Crippen LogP) is 2.42. The summed E-state index contributed by atoms with van der Waals surface area (Å²) in [5.41, 5.74) is 1.17. The van der Waals surface area contributed by atoms with E-state index in [2.05, 4.69) is 10.6 Å². The molecule has 27 heavy (non-hydrogen) atoms. The topological polar surface area (TPSA) is 110 Å². The van der Waals surface area contributed by atoms with Crippen molar-refractivity contribution in [3.63, 3.8) is 0 Å². The zero-order chi connectivity index (χ0) is 19.8. The number of nitriles is 1. The highest BCUT2D eigenvalue weighted by molar-refractivity contribution is 5.85. The van der Waals surface area contributed by atoms with E-state index >= 15 is 0 Å². The van der Waals surface area contributed by atoms with Crippen molar-refractivity contribution in [1.82, 2.24) is 10.6 Å². The average Bonchev–Trinajstić information content (AvgIpc) is 2.66. The first-order valence-corrected chi connectivity index (χ1v) is 8.67. The molecule has 1 aromatic rings. The smallest absolute Gasteiger partial charge is 0.319 e. The maximum atomic E-state index is 12.6. The van der Waals surface area contributed by atoms with Gasteiger partial charge in [0, 0.05) is 5.70 Å². The fourth-order valence-electron chi connectivity index (χ4n) is 2.92. The number of allylic oxidation sites excluding steroid dienone is 1. The Hall–Kier alpha value is -3.21. The van der Waals surface area contributed by atoms with Crippen LogP contribution in [0.1, 0.15) is 31.9 Å². The Kier molecular flexibility index (Phi) is 7.06. The number of hydrogen-bond donors (Lipinski definition) is 2. The van der Waals surface area contributed by atoms with Gasteiger partial charge in [0.2, 0.25) is 0 Å². The molecule has 2 atom stereocenters. The van der Waals surface area contributed by atoms with Crippen LogP contribution in [0.5, 0.6) is 11.5 Å². The summed E-state index contributed by atoms with van der Waals surface area (Å²) in [6.45, 7) is 3.77. The van der Waals surface area contributed by atoms with Crippen molar-refractivity contribution in [2.24, 2.45) is 5.92 Å². The van der Waals surface area contributed by atoms with Gasteiger partial charge in [0.05, 0.1) is 19.8 Å². The highest BCUT2D eigenvalue weighted by atomic mass is 16.5. The number of methoxy groups -OCH3 is 1. The molecule has 0 unspecified atom stereocenters. The summed E-state index contributed by atoms with van der Waals surface area (Å²) < 4.78 is 15.9. The number of ether oxygens (including phenoxy) is 3. The van der Waals surface area contributed by atoms with E-state index < -0.39 is 24.0 Å². The van der Waals surface area contributed by atoms with Crippen LogP contribution >= 0.6 is 0 Å². The monoisotopic (exact) mass is 373 g/mol. The number of rotatable bonds is 7. The van der Waals surface area contributed by atoms with Gasteiger partial charge in [-0.3, -0.25) is 4.79 Å². The van der Waals surface area contributed by atoms with Gasteiger partial charge in [-0.05, 0) is 31.0 Å². The number of urea groups is 1. The molecule has 0 aliphatic carbocycles. The van der Waals surface area contributed by atoms with Gasteiger partial charge in [0.15, 0.2) is 18.1 Å². The molecule has 0 radical (unpaired) electrons. The number of benzene rings is 1. The summed E-state index contributed by atoms with van der Waals surface area (Å²) in [5.74, 6) is -0.337. The van der Waals surface area contributed by atoms with Gasteiger partial charge in [-0.25, -0.2) is 4.79 Å². The van der Waals surface area contributed by atoms with Crippen molar-refractivity contribution in [1.29, 1.82) is 5.26 Å². The Balaban J connectivity index is 2.45. The molecule has 0 aromatic heterocycles. The van der Waals surface area contributed by atoms with E-state index in [1.54, 1.807) is 31.2 Å². The lowest BCUT2D eigenvalue weighted by molar-refractivity contribution is -0.147. The fraction of sp³-hybridized carbons (Fsp3) is 0.421. The third-order valence-corrected chi connectivity index (χ3v) is 4.02. The van der Waals surface area contributed by atoms with Crippen LogP contribution in [-0.4, -0.2) is 32.3 Å². The first-order valence-electron chi connectivity index (χ1n) is 8.67. The molecule has 1 aliphatic rings. The molecule has 1 aliphatic heterocycles. The standard InChI is InChI=1S/C19H23N3O5/c1-4-6-13-16(18(23)26-5-2)17(22-19(24)21-13)12-7-8-14(27-10-9-20)15(11-12)25-3/h6-8,11,16-17H,4-5,10H2,1-3H3,(H2,21,22,24)/b13-6+/t16-,17+/m1/s1. The number of nitrogens with one attached hydrogen (secondary N) is 2. The minimum Gasteiger partial charge on any atom is -0.493 e. The molecule has 144 valence electrons. The Bertz CT molecular complexity index is 769. The largest absolute Gasteiger partial charge is 0.493 e. The zero-order valence-corrected chi connectivity index (χ0v) is 15.6. The van der Waals surface area contributed by atoms with Crippen LogP contribution in [0.4, 0.5) is 4.79 Å². The number of nitrogens with zero attached hydrogens (tertiary/aromatic N) is 1. The van der Waals surface area contributed by atoms with E-state index in [0.29, 0.717) is 29.2 Å². The Morgan fingerprint density at radius 3 is 2.74 bits per heavy atom. The molecule has 0 saturated carbocycles. The maximum absolute atomic E-state index is 12.6. The normalized spacial score (nSPS) is 20.2. The van der Waals surface area contributed by atoms with E-state index in [1.807, 2.05) is 13.0 Å². The second kappa shape index (κ2) is 9.48. The van der Waals surface area contributed by atoms with Crippen LogP contribution < -0.4 is 20.1 Å². The van der Waals surface area contributed by atoms with E-state index in [9.17, 15) is 9.59 Å². The Morgan fingerprint density at radius 1 is 1.33 bits per heavy atom. The van der Waals surface area contributed by atoms with Gasteiger partial charge < -0.3 is 24.8 Å². The number of carbonyl (C=O) groups is 2. The molecule has 1 saturated heterocycles. The van der Waals surface area contributed by atoms with Crippen molar-refractivity contribution in [2.75, 3.05) is 20.3 Å². The van der Waals surface area contributed by atoms with Crippen molar-refractivity contribution in [2.45, 2.75) is 26.3 Å². The van der Waals surface area contributed by atoms with Crippen molar-refractivity contribution in [3.8, 4) is 17.6 Å². The van der Waals surface area contributed by atoms with E-state index in [-0.39, 0.29) is 13.2 Å². The average molecular weight is 373 g/mol. The number of carbonyl (C=O) groups excluding carboxylic acids is 2. The molecular weight excluding hydrogens is 350 g/mol. The molecular formula is C19H23N3O5. The summed E-state index contributed by atoms with van der Waals surface area (Å²) in [6.07, 6.45) is 2.46. The minimum atomic E-state index is -0.710. The number of amides is 2. The van der Waals surface area contributed by atoms with Gasteiger partial charge in [-0.2, -0.15) is 5.26 Å². The van der Waals surface area contributed by atoms with Crippen LogP contribution in [-0.2, 0) is 9.53 Å². The lowest BCUT2D eigenvalue weighted by Gasteiger charge is -2.34. The van der Waals surface area contributed by atoms with Crippen LogP contribution in [0.2, 0.25) is 0 Å². The summed E-state index contributed by atoms with van der Waals surface area (Å²) in [4.78, 5) is 24.7. The van der Waals surface area contributed by atoms with Crippen molar-refractivity contribution < 1.29 is 23.8 Å². The highest BCUT2D eigenvalue weighted by Crippen LogP contribution is 2.36. The van der Waals surface area contributed by atoms with E-state index in [1.165, 1.54) is 7.11 Å². The van der Waals surface area contributed by atoms with Crippen LogP contribution in [0.3, 0.4) is 0 Å². The van der Waals surface area contributed by atoms with Crippen LogP contribution in [0.15, 0.2) is 30.0 Å². The van der Waals surface area contributed by atoms with Crippen LogP contribution in [0, 0.1) is 17.2 Å². The molecule has 0 spiro atoms. The summed E-state index contributed by atoms with van der Waals surface area (Å²) in [6, 6.07) is 5.91. The second-order valence-corrected chi connectivity index (χ2v) is 5.73. The predicted molar refractivity (Wildman–Crippen MR) is 97.0 cm³/mol. The first-order chi connectivity index (χ1) is 13.0. The van der Waals surface area contributed by atoms with E-state index in [0.717, 1.165) is 0 Å². The molecule has 2 rings (SSSR count). The van der Waals surface area contributed by atoms with Gasteiger partial charge in [-0.1, -0.05) is 19.1 Å².